The van der Waals surface area contributed by atoms with E-state index in [1.807, 2.05) is 6.07 Å². The number of aromatic nitrogens is 1. The Balaban J connectivity index is 1.41. The van der Waals surface area contributed by atoms with Gasteiger partial charge in [-0.25, -0.2) is 17.6 Å². The zero-order valence-electron chi connectivity index (χ0n) is 20.6. The molecule has 3 amide bonds. The van der Waals surface area contributed by atoms with Gasteiger partial charge < -0.3 is 20.5 Å². The summed E-state index contributed by atoms with van der Waals surface area (Å²) < 4.78 is 57.6. The molecule has 5 atom stereocenters. The molecule has 5 rings (SSSR count). The molecule has 2 saturated heterocycles. The molecule has 0 unspecified atom stereocenters. The smallest absolute Gasteiger partial charge is 0.271 e. The first-order valence-electron chi connectivity index (χ1n) is 12.6. The predicted molar refractivity (Wildman–Crippen MR) is 127 cm³/mol. The van der Waals surface area contributed by atoms with Crippen molar-refractivity contribution in [2.24, 2.45) is 17.8 Å². The van der Waals surface area contributed by atoms with Crippen LogP contribution in [0.5, 0.6) is 0 Å². The minimum atomic E-state index is -3.00. The first-order valence-corrected chi connectivity index (χ1v) is 12.6. The van der Waals surface area contributed by atoms with Crippen LogP contribution in [0.25, 0.3) is 10.9 Å². The summed E-state index contributed by atoms with van der Waals surface area (Å²) in [4.78, 5) is 42.8. The number of aryl methyl sites for hydroxylation is 1. The summed E-state index contributed by atoms with van der Waals surface area (Å²) in [6, 6.07) is 1.74. The van der Waals surface area contributed by atoms with E-state index in [9.17, 15) is 37.2 Å². The third-order valence-electron chi connectivity index (χ3n) is 8.01. The molecule has 1 aliphatic carbocycles. The van der Waals surface area contributed by atoms with Crippen LogP contribution in [-0.4, -0.2) is 58.7 Å². The quantitative estimate of drug-likeness (QED) is 0.512. The maximum atomic E-state index is 14.6. The van der Waals surface area contributed by atoms with Gasteiger partial charge >= 0.3 is 0 Å². The van der Waals surface area contributed by atoms with Gasteiger partial charge in [0.15, 0.2) is 0 Å². The summed E-state index contributed by atoms with van der Waals surface area (Å²) in [6.07, 6.45) is 0.245. The van der Waals surface area contributed by atoms with Crippen LogP contribution in [0.1, 0.15) is 48.2 Å². The molecule has 0 bridgehead atoms. The Kier molecular flexibility index (Phi) is 6.57. The van der Waals surface area contributed by atoms with Crippen LogP contribution in [0.4, 0.5) is 17.6 Å². The molecule has 1 saturated carbocycles. The number of halogens is 4. The highest BCUT2D eigenvalue weighted by molar-refractivity contribution is 6.01. The zero-order chi connectivity index (χ0) is 27.4. The van der Waals surface area contributed by atoms with Crippen molar-refractivity contribution in [3.05, 3.63) is 35.0 Å². The lowest BCUT2D eigenvalue weighted by Crippen LogP contribution is -2.52. The monoisotopic (exact) mass is 533 g/mol. The number of H-pyrrole nitrogens is 1. The number of fused-ring (bicyclic) bond motifs is 2. The Bertz CT molecular complexity index is 1350. The van der Waals surface area contributed by atoms with E-state index in [2.05, 4.69) is 15.6 Å². The second kappa shape index (κ2) is 9.60. The number of hydrogen-bond donors (Lipinski definition) is 3. The number of carbonyl (C=O) groups excluding carboxylic acids is 3. The first kappa shape index (κ1) is 26.0. The van der Waals surface area contributed by atoms with E-state index in [4.69, 9.17) is 0 Å². The molecule has 3 fully saturated rings. The zero-order valence-corrected chi connectivity index (χ0v) is 20.6. The summed E-state index contributed by atoms with van der Waals surface area (Å²) in [6.45, 7) is 1.78. The third kappa shape index (κ3) is 4.59. The van der Waals surface area contributed by atoms with Gasteiger partial charge in [0.1, 0.15) is 29.4 Å². The van der Waals surface area contributed by atoms with Crippen LogP contribution in [0.2, 0.25) is 0 Å². The number of piperidine rings is 1. The second-order valence-electron chi connectivity index (χ2n) is 10.6. The number of nitriles is 1. The molecule has 1 aromatic heterocycles. The SMILES string of the molecule is Cc1cc(F)c2cc(C(=O)N3C[C@H]4CC(F)(F)C[C@H]4[C@@H]3C(=O)N[C@H](C#N)C[C@@H]3CCCNC3=O)[nH]c2c1F. The van der Waals surface area contributed by atoms with E-state index >= 15 is 0 Å². The largest absolute Gasteiger partial charge is 0.356 e. The summed E-state index contributed by atoms with van der Waals surface area (Å²) in [7, 11) is 0. The van der Waals surface area contributed by atoms with Crippen LogP contribution < -0.4 is 10.6 Å². The van der Waals surface area contributed by atoms with E-state index in [1.54, 1.807) is 0 Å². The van der Waals surface area contributed by atoms with Gasteiger partial charge in [-0.15, -0.1) is 0 Å². The van der Waals surface area contributed by atoms with Crippen molar-refractivity contribution in [1.29, 1.82) is 5.26 Å². The molecule has 3 N–H and O–H groups in total. The molecule has 8 nitrogen and oxygen atoms in total. The molecule has 0 spiro atoms. The van der Waals surface area contributed by atoms with Crippen molar-refractivity contribution >= 4 is 28.6 Å². The lowest BCUT2D eigenvalue weighted by Gasteiger charge is -2.29. The molecule has 2 aliphatic heterocycles. The fourth-order valence-corrected chi connectivity index (χ4v) is 6.20. The standard InChI is InChI=1S/C26H27F4N5O3/c1-12-5-18(27)16-7-19(34-21(16)20(12)28)25(38)35-11-14-8-26(29,30)9-17(14)22(35)24(37)33-15(10-31)6-13-3-2-4-32-23(13)36/h5,7,13-15,17,22,34H,2-4,6,8-9,11H2,1H3,(H,32,36)(H,33,37)/t13-,14+,15-,17+,22+/m0/s1. The highest BCUT2D eigenvalue weighted by atomic mass is 19.3. The fourth-order valence-electron chi connectivity index (χ4n) is 6.20. The summed E-state index contributed by atoms with van der Waals surface area (Å²) >= 11 is 0. The Hall–Kier alpha value is -3.62. The van der Waals surface area contributed by atoms with Crippen LogP contribution in [0.15, 0.2) is 12.1 Å². The Morgan fingerprint density at radius 3 is 2.76 bits per heavy atom. The van der Waals surface area contributed by atoms with Gasteiger partial charge in [0.2, 0.25) is 17.7 Å². The van der Waals surface area contributed by atoms with Crippen molar-refractivity contribution in [3.8, 4) is 6.07 Å². The molecule has 2 aromatic rings. The summed E-state index contributed by atoms with van der Waals surface area (Å²) in [5, 5.41) is 14.8. The molecular formula is C26H27F4N5O3. The average Bonchev–Trinajstić information content (AvgIpc) is 3.53. The van der Waals surface area contributed by atoms with E-state index in [1.165, 1.54) is 6.92 Å². The minimum Gasteiger partial charge on any atom is -0.356 e. The molecule has 202 valence electrons. The number of carbonyl (C=O) groups is 3. The van der Waals surface area contributed by atoms with Crippen LogP contribution >= 0.6 is 0 Å². The topological polar surface area (TPSA) is 118 Å². The van der Waals surface area contributed by atoms with E-state index in [0.29, 0.717) is 13.0 Å². The number of nitrogens with one attached hydrogen (secondary N) is 3. The van der Waals surface area contributed by atoms with Crippen molar-refractivity contribution in [3.63, 3.8) is 0 Å². The van der Waals surface area contributed by atoms with Gasteiger partial charge in [-0.05, 0) is 55.7 Å². The molecule has 3 heterocycles. The lowest BCUT2D eigenvalue weighted by molar-refractivity contribution is -0.129. The molecule has 3 aliphatic rings. The third-order valence-corrected chi connectivity index (χ3v) is 8.01. The summed E-state index contributed by atoms with van der Waals surface area (Å²) in [5.41, 5.74) is -0.336. The maximum Gasteiger partial charge on any atom is 0.271 e. The summed E-state index contributed by atoms with van der Waals surface area (Å²) in [5.74, 6) is -8.18. The molecule has 0 radical (unpaired) electrons. The van der Waals surface area contributed by atoms with Crippen molar-refractivity contribution < 1.29 is 31.9 Å². The van der Waals surface area contributed by atoms with Gasteiger partial charge in [0.25, 0.3) is 5.91 Å². The van der Waals surface area contributed by atoms with E-state index in [-0.39, 0.29) is 41.0 Å². The van der Waals surface area contributed by atoms with Crippen LogP contribution in [-0.2, 0) is 9.59 Å². The maximum absolute atomic E-state index is 14.6. The lowest BCUT2D eigenvalue weighted by atomic mass is 9.90. The number of amides is 3. The van der Waals surface area contributed by atoms with Crippen molar-refractivity contribution in [2.75, 3.05) is 13.1 Å². The van der Waals surface area contributed by atoms with E-state index < -0.39 is 72.1 Å². The normalized spacial score (nSPS) is 27.1. The van der Waals surface area contributed by atoms with Crippen molar-refractivity contribution in [1.82, 2.24) is 20.5 Å². The molecule has 38 heavy (non-hydrogen) atoms. The number of alkyl halides is 2. The van der Waals surface area contributed by atoms with Crippen LogP contribution in [0, 0.1) is 47.6 Å². The van der Waals surface area contributed by atoms with Gasteiger partial charge in [0, 0.05) is 37.2 Å². The van der Waals surface area contributed by atoms with Crippen molar-refractivity contribution in [2.45, 2.75) is 57.0 Å². The van der Waals surface area contributed by atoms with Gasteiger partial charge in [-0.2, -0.15) is 5.26 Å². The predicted octanol–water partition coefficient (Wildman–Crippen LogP) is 3.17. The van der Waals surface area contributed by atoms with Gasteiger partial charge in [0.05, 0.1) is 11.6 Å². The highest BCUT2D eigenvalue weighted by Gasteiger charge is 2.58. The number of aromatic amines is 1. The van der Waals surface area contributed by atoms with Gasteiger partial charge in [-0.3, -0.25) is 14.4 Å². The Labute approximate surface area is 215 Å². The Morgan fingerprint density at radius 1 is 1.29 bits per heavy atom. The first-order chi connectivity index (χ1) is 18.0. The minimum absolute atomic E-state index is 0.0419. The van der Waals surface area contributed by atoms with E-state index in [0.717, 1.165) is 23.5 Å². The number of hydrogen-bond acceptors (Lipinski definition) is 4. The second-order valence-corrected chi connectivity index (χ2v) is 10.6. The average molecular weight is 534 g/mol. The number of nitrogens with zero attached hydrogens (tertiary/aromatic N) is 2. The Morgan fingerprint density at radius 2 is 2.05 bits per heavy atom. The fraction of sp³-hybridized carbons (Fsp3) is 0.538. The number of likely N-dealkylation sites (tertiary alicyclic amines) is 1. The van der Waals surface area contributed by atoms with Gasteiger partial charge in [-0.1, -0.05) is 0 Å². The number of benzene rings is 1. The molecule has 1 aromatic carbocycles. The highest BCUT2D eigenvalue weighted by Crippen LogP contribution is 2.50. The van der Waals surface area contributed by atoms with Crippen LogP contribution in [0.3, 0.4) is 0 Å². The number of rotatable bonds is 5. The molecular weight excluding hydrogens is 506 g/mol. The molecule has 12 heteroatoms.